The van der Waals surface area contributed by atoms with Crippen LogP contribution in [0.2, 0.25) is 0 Å². The van der Waals surface area contributed by atoms with Crippen LogP contribution in [0, 0.1) is 0 Å². The van der Waals surface area contributed by atoms with E-state index in [9.17, 15) is 4.79 Å². The number of furan rings is 1. The number of ether oxygens (including phenoxy) is 1. The molecule has 1 N–H and O–H groups in total. The third kappa shape index (κ3) is 3.72. The molecule has 0 unspecified atom stereocenters. The first-order chi connectivity index (χ1) is 15.2. The molecule has 158 valence electrons. The van der Waals surface area contributed by atoms with Gasteiger partial charge in [0.2, 0.25) is 0 Å². The van der Waals surface area contributed by atoms with Crippen LogP contribution in [-0.2, 0) is 0 Å². The minimum Gasteiger partial charge on any atom is -0.494 e. The van der Waals surface area contributed by atoms with E-state index in [0.717, 1.165) is 34.8 Å². The molecule has 0 bridgehead atoms. The smallest absolute Gasteiger partial charge is 0.321 e. The minimum absolute atomic E-state index is 0.0612. The van der Waals surface area contributed by atoms with E-state index in [2.05, 4.69) is 14.9 Å². The predicted molar refractivity (Wildman–Crippen MR) is 117 cm³/mol. The number of anilines is 1. The molecule has 8 nitrogen and oxygen atoms in total. The van der Waals surface area contributed by atoms with Crippen molar-refractivity contribution < 1.29 is 13.9 Å². The Bertz CT molecular complexity index is 1180. The lowest BCUT2D eigenvalue weighted by Crippen LogP contribution is -2.33. The molecule has 1 aliphatic rings. The molecule has 1 aromatic carbocycles. The molecule has 0 radical (unpaired) electrons. The monoisotopic (exact) mass is 417 g/mol. The van der Waals surface area contributed by atoms with Crippen LogP contribution in [-0.4, -0.2) is 45.2 Å². The molecule has 1 atom stereocenters. The highest BCUT2D eigenvalue weighted by Crippen LogP contribution is 2.32. The van der Waals surface area contributed by atoms with E-state index in [-0.39, 0.29) is 12.1 Å². The highest BCUT2D eigenvalue weighted by Gasteiger charge is 2.31. The Hall–Kier alpha value is -3.81. The summed E-state index contributed by atoms with van der Waals surface area (Å²) in [5, 5.41) is 2.97. The van der Waals surface area contributed by atoms with E-state index in [1.807, 2.05) is 60.4 Å². The van der Waals surface area contributed by atoms with E-state index in [1.54, 1.807) is 12.5 Å². The number of imidazole rings is 1. The maximum atomic E-state index is 12.8. The third-order valence-corrected chi connectivity index (χ3v) is 5.42. The summed E-state index contributed by atoms with van der Waals surface area (Å²) in [5.41, 5.74) is 2.35. The molecule has 0 aliphatic carbocycles. The van der Waals surface area contributed by atoms with E-state index in [1.165, 1.54) is 0 Å². The van der Waals surface area contributed by atoms with Gasteiger partial charge in [-0.15, -0.1) is 0 Å². The van der Waals surface area contributed by atoms with Crippen molar-refractivity contribution in [3.63, 3.8) is 0 Å². The first-order valence-electron chi connectivity index (χ1n) is 10.4. The minimum atomic E-state index is -0.122. The number of carbonyl (C=O) groups is 1. The fraction of sp³-hybridized carbons (Fsp3) is 0.261. The Balaban J connectivity index is 1.35. The topological polar surface area (TPSA) is 85.4 Å². The predicted octanol–water partition coefficient (Wildman–Crippen LogP) is 4.57. The third-order valence-electron chi connectivity index (χ3n) is 5.42. The standard InChI is InChI=1S/C23H23N5O3/c1-2-30-18-9-7-16(8-10-18)25-23(29)27-13-11-17(15-27)28-21-19(5-3-12-24-21)26-22(28)20-6-4-14-31-20/h3-10,12,14,17H,2,11,13,15H2,1H3,(H,25,29)/t17-/m0/s1. The van der Waals surface area contributed by atoms with E-state index in [4.69, 9.17) is 14.1 Å². The number of hydrogen-bond acceptors (Lipinski definition) is 5. The Labute approximate surface area is 179 Å². The number of fused-ring (bicyclic) bond motifs is 1. The van der Waals surface area contributed by atoms with Gasteiger partial charge in [0.15, 0.2) is 17.2 Å². The average molecular weight is 417 g/mol. The van der Waals surface area contributed by atoms with Crippen LogP contribution in [0.15, 0.2) is 65.4 Å². The lowest BCUT2D eigenvalue weighted by molar-refractivity contribution is 0.221. The van der Waals surface area contributed by atoms with Gasteiger partial charge in [0.25, 0.3) is 0 Å². The van der Waals surface area contributed by atoms with E-state index < -0.39 is 0 Å². The lowest BCUT2D eigenvalue weighted by atomic mass is 10.2. The Kier molecular flexibility index (Phi) is 5.03. The summed E-state index contributed by atoms with van der Waals surface area (Å²) in [4.78, 5) is 23.9. The summed E-state index contributed by atoms with van der Waals surface area (Å²) in [6.45, 7) is 3.77. The molecule has 1 aliphatic heterocycles. The first kappa shape index (κ1) is 19.2. The normalized spacial score (nSPS) is 16.0. The highest BCUT2D eigenvalue weighted by atomic mass is 16.5. The zero-order chi connectivity index (χ0) is 21.2. The van der Waals surface area contributed by atoms with Gasteiger partial charge in [-0.25, -0.2) is 14.8 Å². The molecule has 0 saturated carbocycles. The summed E-state index contributed by atoms with van der Waals surface area (Å²) in [5.74, 6) is 2.21. The molecule has 2 amide bonds. The zero-order valence-electron chi connectivity index (χ0n) is 17.2. The van der Waals surface area contributed by atoms with Gasteiger partial charge in [0.05, 0.1) is 18.9 Å². The molecule has 5 rings (SSSR count). The van der Waals surface area contributed by atoms with Crippen LogP contribution in [0.1, 0.15) is 19.4 Å². The number of carbonyl (C=O) groups excluding carboxylic acids is 1. The fourth-order valence-electron chi connectivity index (χ4n) is 4.00. The van der Waals surface area contributed by atoms with Crippen molar-refractivity contribution in [1.29, 1.82) is 0 Å². The second kappa shape index (κ2) is 8.14. The number of benzene rings is 1. The van der Waals surface area contributed by atoms with Gasteiger partial charge in [-0.3, -0.25) is 0 Å². The summed E-state index contributed by atoms with van der Waals surface area (Å²) < 4.78 is 13.2. The van der Waals surface area contributed by atoms with Crippen molar-refractivity contribution in [3.8, 4) is 17.3 Å². The molecule has 4 heterocycles. The average Bonchev–Trinajstić information content (AvgIpc) is 3.53. The summed E-state index contributed by atoms with van der Waals surface area (Å²) in [7, 11) is 0. The number of aromatic nitrogens is 3. The number of rotatable bonds is 5. The molecule has 3 aromatic heterocycles. The van der Waals surface area contributed by atoms with Gasteiger partial charge in [0, 0.05) is 25.0 Å². The van der Waals surface area contributed by atoms with Crippen molar-refractivity contribution in [3.05, 3.63) is 61.0 Å². The second-order valence-corrected chi connectivity index (χ2v) is 7.40. The van der Waals surface area contributed by atoms with Crippen molar-refractivity contribution in [2.45, 2.75) is 19.4 Å². The molecular formula is C23H23N5O3. The largest absolute Gasteiger partial charge is 0.494 e. The number of likely N-dealkylation sites (tertiary alicyclic amines) is 1. The SMILES string of the molecule is CCOc1ccc(NC(=O)N2CC[C@H](n3c(-c4ccco4)nc4cccnc43)C2)cc1. The van der Waals surface area contributed by atoms with Gasteiger partial charge in [0.1, 0.15) is 11.3 Å². The van der Waals surface area contributed by atoms with E-state index in [0.29, 0.717) is 25.5 Å². The Morgan fingerprint density at radius 3 is 2.87 bits per heavy atom. The van der Waals surface area contributed by atoms with Crippen molar-refractivity contribution >= 4 is 22.9 Å². The number of pyridine rings is 1. The number of urea groups is 1. The second-order valence-electron chi connectivity index (χ2n) is 7.40. The maximum absolute atomic E-state index is 12.8. The van der Waals surface area contributed by atoms with Crippen LogP contribution in [0.3, 0.4) is 0 Å². The van der Waals surface area contributed by atoms with Crippen LogP contribution >= 0.6 is 0 Å². The Morgan fingerprint density at radius 2 is 2.10 bits per heavy atom. The van der Waals surface area contributed by atoms with Gasteiger partial charge in [-0.1, -0.05) is 0 Å². The number of nitrogens with zero attached hydrogens (tertiary/aromatic N) is 4. The molecule has 0 spiro atoms. The van der Waals surface area contributed by atoms with Gasteiger partial charge in [-0.05, 0) is 61.9 Å². The summed E-state index contributed by atoms with van der Waals surface area (Å²) >= 11 is 0. The van der Waals surface area contributed by atoms with Crippen LogP contribution < -0.4 is 10.1 Å². The molecular weight excluding hydrogens is 394 g/mol. The molecule has 1 fully saturated rings. The van der Waals surface area contributed by atoms with Gasteiger partial charge < -0.3 is 23.9 Å². The highest BCUT2D eigenvalue weighted by molar-refractivity contribution is 5.89. The lowest BCUT2D eigenvalue weighted by Gasteiger charge is -2.19. The van der Waals surface area contributed by atoms with Crippen molar-refractivity contribution in [2.24, 2.45) is 0 Å². The quantitative estimate of drug-likeness (QED) is 0.514. The van der Waals surface area contributed by atoms with Crippen molar-refractivity contribution in [1.82, 2.24) is 19.4 Å². The Morgan fingerprint density at radius 1 is 1.23 bits per heavy atom. The van der Waals surface area contributed by atoms with Crippen LogP contribution in [0.5, 0.6) is 5.75 Å². The van der Waals surface area contributed by atoms with Crippen LogP contribution in [0.4, 0.5) is 10.5 Å². The summed E-state index contributed by atoms with van der Waals surface area (Å²) in [6.07, 6.45) is 4.21. The molecule has 4 aromatic rings. The van der Waals surface area contributed by atoms with Gasteiger partial charge in [-0.2, -0.15) is 0 Å². The molecule has 1 saturated heterocycles. The maximum Gasteiger partial charge on any atom is 0.321 e. The number of hydrogen-bond donors (Lipinski definition) is 1. The molecule has 8 heteroatoms. The number of amides is 2. The zero-order valence-corrected chi connectivity index (χ0v) is 17.2. The number of nitrogens with one attached hydrogen (secondary N) is 1. The molecule has 31 heavy (non-hydrogen) atoms. The van der Waals surface area contributed by atoms with Crippen LogP contribution in [0.25, 0.3) is 22.7 Å². The fourth-order valence-corrected chi connectivity index (χ4v) is 4.00. The van der Waals surface area contributed by atoms with Gasteiger partial charge >= 0.3 is 6.03 Å². The van der Waals surface area contributed by atoms with Crippen molar-refractivity contribution in [2.75, 3.05) is 25.0 Å². The first-order valence-corrected chi connectivity index (χ1v) is 10.4. The van der Waals surface area contributed by atoms with E-state index >= 15 is 0 Å². The summed E-state index contributed by atoms with van der Waals surface area (Å²) in [6, 6.07) is 14.9.